The van der Waals surface area contributed by atoms with Crippen molar-refractivity contribution in [1.82, 2.24) is 9.97 Å². The molecule has 0 unspecified atom stereocenters. The topological polar surface area (TPSA) is 51.8 Å². The van der Waals surface area contributed by atoms with Gasteiger partial charge in [0.25, 0.3) is 0 Å². The van der Waals surface area contributed by atoms with Gasteiger partial charge in [-0.15, -0.1) is 0 Å². The molecule has 2 N–H and O–H groups in total. The van der Waals surface area contributed by atoms with E-state index in [1.54, 1.807) is 6.07 Å². The monoisotopic (exact) mass is 323 g/mol. The Morgan fingerprint density at radius 2 is 1.71 bits per heavy atom. The molecule has 0 spiro atoms. The number of rotatable bonds is 5. The molecule has 0 amide bonds. The van der Waals surface area contributed by atoms with Gasteiger partial charge >= 0.3 is 0 Å². The number of hydrogen-bond acceptors (Lipinski definition) is 3. The number of halogens is 2. The molecule has 0 saturated heterocycles. The third-order valence-corrected chi connectivity index (χ3v) is 4.18. The Bertz CT molecular complexity index is 618. The SMILES string of the molecule is Cc1nc(Cc2ccc(Cl)c(Cl)c2)nc(C)c1CCCN. The summed E-state index contributed by atoms with van der Waals surface area (Å²) in [6.45, 7) is 4.74. The van der Waals surface area contributed by atoms with Crippen LogP contribution in [0.15, 0.2) is 18.2 Å². The van der Waals surface area contributed by atoms with Gasteiger partial charge in [-0.2, -0.15) is 0 Å². The van der Waals surface area contributed by atoms with Crippen LogP contribution in [0, 0.1) is 13.8 Å². The van der Waals surface area contributed by atoms with Crippen molar-refractivity contribution in [3.8, 4) is 0 Å². The van der Waals surface area contributed by atoms with Crippen LogP contribution in [0.3, 0.4) is 0 Å². The van der Waals surface area contributed by atoms with Crippen LogP contribution in [0.1, 0.15) is 34.8 Å². The van der Waals surface area contributed by atoms with Gasteiger partial charge in [-0.05, 0) is 56.5 Å². The van der Waals surface area contributed by atoms with Gasteiger partial charge in [-0.25, -0.2) is 9.97 Å². The molecule has 0 saturated carbocycles. The Hall–Kier alpha value is -1.16. The van der Waals surface area contributed by atoms with E-state index in [9.17, 15) is 0 Å². The highest BCUT2D eigenvalue weighted by molar-refractivity contribution is 6.42. The zero-order valence-electron chi connectivity index (χ0n) is 12.3. The van der Waals surface area contributed by atoms with Crippen LogP contribution in [0.4, 0.5) is 0 Å². The lowest BCUT2D eigenvalue weighted by atomic mass is 10.1. The van der Waals surface area contributed by atoms with E-state index in [-0.39, 0.29) is 0 Å². The Labute approximate surface area is 135 Å². The molecular formula is C16H19Cl2N3. The zero-order chi connectivity index (χ0) is 15.4. The number of aryl methyl sites for hydroxylation is 2. The van der Waals surface area contributed by atoms with Crippen LogP contribution in [-0.4, -0.2) is 16.5 Å². The molecule has 3 nitrogen and oxygen atoms in total. The Morgan fingerprint density at radius 3 is 2.29 bits per heavy atom. The van der Waals surface area contributed by atoms with Gasteiger partial charge < -0.3 is 5.73 Å². The normalized spacial score (nSPS) is 10.9. The molecule has 2 aromatic rings. The summed E-state index contributed by atoms with van der Waals surface area (Å²) in [6, 6.07) is 5.61. The van der Waals surface area contributed by atoms with Crippen molar-refractivity contribution >= 4 is 23.2 Å². The lowest BCUT2D eigenvalue weighted by molar-refractivity contribution is 0.791. The zero-order valence-corrected chi connectivity index (χ0v) is 13.8. The second-order valence-electron chi connectivity index (χ2n) is 5.11. The first-order valence-corrected chi connectivity index (χ1v) is 7.74. The van der Waals surface area contributed by atoms with Gasteiger partial charge in [0.15, 0.2) is 0 Å². The summed E-state index contributed by atoms with van der Waals surface area (Å²) in [5.74, 6) is 0.805. The highest BCUT2D eigenvalue weighted by Crippen LogP contribution is 2.23. The lowest BCUT2D eigenvalue weighted by Crippen LogP contribution is -2.08. The number of nitrogens with two attached hydrogens (primary N) is 1. The third kappa shape index (κ3) is 4.16. The number of benzene rings is 1. The van der Waals surface area contributed by atoms with Gasteiger partial charge in [0.1, 0.15) is 5.82 Å². The Balaban J connectivity index is 2.22. The Morgan fingerprint density at radius 1 is 1.05 bits per heavy atom. The number of hydrogen-bond donors (Lipinski definition) is 1. The molecule has 0 atom stereocenters. The summed E-state index contributed by atoms with van der Waals surface area (Å²) < 4.78 is 0. The highest BCUT2D eigenvalue weighted by Gasteiger charge is 2.09. The average molecular weight is 324 g/mol. The van der Waals surface area contributed by atoms with E-state index in [2.05, 4.69) is 9.97 Å². The molecular weight excluding hydrogens is 305 g/mol. The van der Waals surface area contributed by atoms with Gasteiger partial charge in [0.05, 0.1) is 10.0 Å². The highest BCUT2D eigenvalue weighted by atomic mass is 35.5. The quantitative estimate of drug-likeness (QED) is 0.908. The van der Waals surface area contributed by atoms with Crippen molar-refractivity contribution in [3.05, 3.63) is 56.6 Å². The first-order chi connectivity index (χ1) is 10.0. The molecule has 1 aromatic heterocycles. The van der Waals surface area contributed by atoms with Gasteiger partial charge in [-0.3, -0.25) is 0 Å². The van der Waals surface area contributed by atoms with Crippen molar-refractivity contribution in [3.63, 3.8) is 0 Å². The van der Waals surface area contributed by atoms with Crippen LogP contribution in [0.25, 0.3) is 0 Å². The standard InChI is InChI=1S/C16H19Cl2N3/c1-10-13(4-3-7-19)11(2)21-16(20-10)9-12-5-6-14(17)15(18)8-12/h5-6,8H,3-4,7,9,19H2,1-2H3. The largest absolute Gasteiger partial charge is 0.330 e. The molecule has 21 heavy (non-hydrogen) atoms. The molecule has 112 valence electrons. The third-order valence-electron chi connectivity index (χ3n) is 3.44. The van der Waals surface area contributed by atoms with E-state index >= 15 is 0 Å². The Kier molecular flexibility index (Phi) is 5.57. The number of nitrogens with zero attached hydrogens (tertiary/aromatic N) is 2. The van der Waals surface area contributed by atoms with E-state index < -0.39 is 0 Å². The van der Waals surface area contributed by atoms with Crippen LogP contribution in [0.5, 0.6) is 0 Å². The fourth-order valence-electron chi connectivity index (χ4n) is 2.36. The van der Waals surface area contributed by atoms with Crippen LogP contribution in [-0.2, 0) is 12.8 Å². The van der Waals surface area contributed by atoms with E-state index in [0.29, 0.717) is 23.0 Å². The molecule has 0 bridgehead atoms. The maximum absolute atomic E-state index is 6.04. The van der Waals surface area contributed by atoms with Crippen LogP contribution < -0.4 is 5.73 Å². The molecule has 5 heteroatoms. The minimum absolute atomic E-state index is 0.558. The van der Waals surface area contributed by atoms with Crippen molar-refractivity contribution in [2.45, 2.75) is 33.1 Å². The molecule has 2 rings (SSSR count). The molecule has 1 heterocycles. The number of aromatic nitrogens is 2. The molecule has 0 aliphatic heterocycles. The predicted octanol–water partition coefficient (Wildman–Crippen LogP) is 3.88. The first-order valence-electron chi connectivity index (χ1n) is 6.98. The summed E-state index contributed by atoms with van der Waals surface area (Å²) in [7, 11) is 0. The van der Waals surface area contributed by atoms with E-state index in [4.69, 9.17) is 28.9 Å². The molecule has 0 fully saturated rings. The molecule has 0 aliphatic carbocycles. The van der Waals surface area contributed by atoms with E-state index in [0.717, 1.165) is 35.6 Å². The second-order valence-corrected chi connectivity index (χ2v) is 5.92. The van der Waals surface area contributed by atoms with Gasteiger partial charge in [0, 0.05) is 17.8 Å². The molecule has 1 aromatic carbocycles. The predicted molar refractivity (Wildman–Crippen MR) is 88.1 cm³/mol. The summed E-state index contributed by atoms with van der Waals surface area (Å²) in [5, 5.41) is 1.12. The van der Waals surface area contributed by atoms with Crippen molar-refractivity contribution in [2.75, 3.05) is 6.54 Å². The maximum Gasteiger partial charge on any atom is 0.133 e. The van der Waals surface area contributed by atoms with E-state index in [1.165, 1.54) is 5.56 Å². The average Bonchev–Trinajstić information content (AvgIpc) is 2.42. The van der Waals surface area contributed by atoms with Crippen LogP contribution >= 0.6 is 23.2 Å². The minimum atomic E-state index is 0.558. The first kappa shape index (κ1) is 16.2. The summed E-state index contributed by atoms with van der Waals surface area (Å²) >= 11 is 12.0. The summed E-state index contributed by atoms with van der Waals surface area (Å²) in [4.78, 5) is 9.21. The lowest BCUT2D eigenvalue weighted by Gasteiger charge is -2.11. The summed E-state index contributed by atoms with van der Waals surface area (Å²) in [5.41, 5.74) is 9.90. The second kappa shape index (κ2) is 7.21. The van der Waals surface area contributed by atoms with Crippen molar-refractivity contribution in [1.29, 1.82) is 0 Å². The molecule has 0 aliphatic rings. The maximum atomic E-state index is 6.04. The minimum Gasteiger partial charge on any atom is -0.330 e. The van der Waals surface area contributed by atoms with Gasteiger partial charge in [0.2, 0.25) is 0 Å². The van der Waals surface area contributed by atoms with Crippen molar-refractivity contribution < 1.29 is 0 Å². The smallest absolute Gasteiger partial charge is 0.133 e. The van der Waals surface area contributed by atoms with Crippen LogP contribution in [0.2, 0.25) is 10.0 Å². The van der Waals surface area contributed by atoms with E-state index in [1.807, 2.05) is 26.0 Å². The van der Waals surface area contributed by atoms with Crippen molar-refractivity contribution in [2.24, 2.45) is 5.73 Å². The molecule has 0 radical (unpaired) electrons. The summed E-state index contributed by atoms with van der Waals surface area (Å²) in [6.07, 6.45) is 2.54. The fraction of sp³-hybridized carbons (Fsp3) is 0.375. The van der Waals surface area contributed by atoms with Gasteiger partial charge in [-0.1, -0.05) is 29.3 Å². The fourth-order valence-corrected chi connectivity index (χ4v) is 2.68.